The van der Waals surface area contributed by atoms with Crippen molar-refractivity contribution in [1.29, 1.82) is 0 Å². The zero-order chi connectivity index (χ0) is 34.1. The molecule has 0 bridgehead atoms. The fourth-order valence-electron chi connectivity index (χ4n) is 6.28. The largest absolute Gasteiger partial charge is 0.490 e. The number of aromatic amines is 2. The number of imidazole rings is 2. The molecule has 49 heavy (non-hydrogen) atoms. The van der Waals surface area contributed by atoms with E-state index in [4.69, 9.17) is 19.9 Å². The number of fused-ring (bicyclic) bond motifs is 3. The van der Waals surface area contributed by atoms with Crippen LogP contribution in [-0.2, 0) is 11.3 Å². The summed E-state index contributed by atoms with van der Waals surface area (Å²) in [6.45, 7) is 2.78. The molecule has 3 aromatic heterocycles. The number of halogens is 3. The molecule has 4 aromatic carbocycles. The molecule has 0 atom stereocenters. The number of alkyl halides is 3. The maximum atomic E-state index is 12.7. The van der Waals surface area contributed by atoms with Crippen molar-refractivity contribution in [3.63, 3.8) is 0 Å². The number of piperidine rings is 1. The summed E-state index contributed by atoms with van der Waals surface area (Å²) in [5.41, 5.74) is 10.4. The van der Waals surface area contributed by atoms with Crippen LogP contribution in [0.1, 0.15) is 24.4 Å². The third kappa shape index (κ3) is 6.65. The van der Waals surface area contributed by atoms with Crippen LogP contribution in [0.3, 0.4) is 0 Å². The number of carboxylic acid groups (broad SMARTS) is 1. The lowest BCUT2D eigenvalue weighted by molar-refractivity contribution is -0.192. The zero-order valence-corrected chi connectivity index (χ0v) is 26.0. The quantitative estimate of drug-likeness (QED) is 0.181. The first kappa shape index (κ1) is 31.8. The van der Waals surface area contributed by atoms with Crippen molar-refractivity contribution in [3.05, 3.63) is 113 Å². The van der Waals surface area contributed by atoms with Crippen molar-refractivity contribution in [1.82, 2.24) is 34.4 Å². The van der Waals surface area contributed by atoms with Crippen LogP contribution in [0.4, 0.5) is 13.2 Å². The molecule has 1 aliphatic heterocycles. The molecule has 0 unspecified atom stereocenters. The lowest BCUT2D eigenvalue weighted by Crippen LogP contribution is -2.36. The maximum Gasteiger partial charge on any atom is 0.490 e. The number of nitrogens with one attached hydrogen (secondary N) is 2. The second kappa shape index (κ2) is 13.0. The Hall–Kier alpha value is -5.82. The highest BCUT2D eigenvalue weighted by molar-refractivity contribution is 5.94. The molecule has 4 heterocycles. The van der Waals surface area contributed by atoms with Crippen molar-refractivity contribution >= 4 is 39.1 Å². The number of hydrogen-bond acceptors (Lipinski definition) is 6. The smallest absolute Gasteiger partial charge is 0.475 e. The molecule has 0 amide bonds. The summed E-state index contributed by atoms with van der Waals surface area (Å²) in [5, 5.41) is 7.12. The maximum absolute atomic E-state index is 12.7. The number of H-pyrrole nitrogens is 2. The van der Waals surface area contributed by atoms with E-state index in [-0.39, 0.29) is 11.7 Å². The number of benzene rings is 4. The second-order valence-electron chi connectivity index (χ2n) is 11.9. The Balaban J connectivity index is 0.000000491. The van der Waals surface area contributed by atoms with E-state index in [1.165, 1.54) is 5.56 Å². The van der Waals surface area contributed by atoms with Crippen LogP contribution in [0.25, 0.3) is 55.6 Å². The second-order valence-corrected chi connectivity index (χ2v) is 11.9. The van der Waals surface area contributed by atoms with Gasteiger partial charge in [0.05, 0.1) is 50.8 Å². The molecular formula is C36H30F3N7O3. The number of nitrogens with zero attached hydrogens (tertiary/aromatic N) is 5. The molecule has 1 fully saturated rings. The molecule has 8 rings (SSSR count). The van der Waals surface area contributed by atoms with Gasteiger partial charge in [0.25, 0.3) is 0 Å². The minimum Gasteiger partial charge on any atom is -0.475 e. The summed E-state index contributed by atoms with van der Waals surface area (Å²) < 4.78 is 33.7. The van der Waals surface area contributed by atoms with E-state index >= 15 is 0 Å². The van der Waals surface area contributed by atoms with Crippen LogP contribution in [-0.4, -0.2) is 64.7 Å². The van der Waals surface area contributed by atoms with Crippen LogP contribution in [0.2, 0.25) is 0 Å². The van der Waals surface area contributed by atoms with E-state index in [1.807, 2.05) is 59.2 Å². The summed E-state index contributed by atoms with van der Waals surface area (Å²) in [6, 6.07) is 31.1. The van der Waals surface area contributed by atoms with Gasteiger partial charge in [0.1, 0.15) is 0 Å². The van der Waals surface area contributed by atoms with Crippen LogP contribution < -0.4 is 5.69 Å². The molecule has 1 aliphatic rings. The van der Waals surface area contributed by atoms with Crippen LogP contribution in [0.5, 0.6) is 0 Å². The van der Waals surface area contributed by atoms with E-state index in [2.05, 4.69) is 56.3 Å². The molecule has 10 nitrogen and oxygen atoms in total. The van der Waals surface area contributed by atoms with Crippen molar-refractivity contribution in [3.8, 4) is 22.5 Å². The highest BCUT2D eigenvalue weighted by Gasteiger charge is 2.38. The zero-order valence-electron chi connectivity index (χ0n) is 26.0. The Morgan fingerprint density at radius 1 is 0.816 bits per heavy atom. The van der Waals surface area contributed by atoms with Gasteiger partial charge in [-0.3, -0.25) is 9.47 Å². The van der Waals surface area contributed by atoms with Gasteiger partial charge < -0.3 is 15.1 Å². The summed E-state index contributed by atoms with van der Waals surface area (Å²) in [6.07, 6.45) is -1.47. The highest BCUT2D eigenvalue weighted by Crippen LogP contribution is 2.33. The Morgan fingerprint density at radius 2 is 1.43 bits per heavy atom. The van der Waals surface area contributed by atoms with Crippen molar-refractivity contribution in [2.75, 3.05) is 13.1 Å². The number of carbonyl (C=O) groups is 1. The number of aromatic nitrogens is 6. The molecule has 13 heteroatoms. The SMILES string of the molecule is O=C(O)C(F)(F)F.O=c1[nH]c2ccccc2n1C1CCN(Cc2ccc(-c3nc4cc5[nH]cnc5cc4nc3-c3ccccc3)cc2)CC1. The van der Waals surface area contributed by atoms with Gasteiger partial charge >= 0.3 is 17.8 Å². The number of hydrogen-bond donors (Lipinski definition) is 3. The monoisotopic (exact) mass is 665 g/mol. The van der Waals surface area contributed by atoms with E-state index in [9.17, 15) is 18.0 Å². The van der Waals surface area contributed by atoms with Crippen molar-refractivity contribution in [2.24, 2.45) is 0 Å². The van der Waals surface area contributed by atoms with Gasteiger partial charge in [0.2, 0.25) is 0 Å². The molecular weight excluding hydrogens is 635 g/mol. The van der Waals surface area contributed by atoms with E-state index in [0.29, 0.717) is 0 Å². The average Bonchev–Trinajstić information content (AvgIpc) is 3.70. The standard InChI is InChI=1S/C34H29N7O.C2HF3O2/c42-34-39-26-8-4-5-9-31(26)41(34)25-14-16-40(17-15-25)20-22-10-12-24(13-11-22)33-32(23-6-2-1-3-7-23)37-29-18-27-28(36-21-35-27)19-30(29)38-33;3-2(4,5)1(6)7/h1-13,18-19,21,25H,14-17,20H2,(H,35,36)(H,39,42);(H,6,7). The topological polar surface area (TPSA) is 133 Å². The highest BCUT2D eigenvalue weighted by atomic mass is 19.4. The summed E-state index contributed by atoms with van der Waals surface area (Å²) in [4.78, 5) is 44.8. The van der Waals surface area contributed by atoms with Gasteiger partial charge in [-0.2, -0.15) is 13.2 Å². The fraction of sp³-hybridized carbons (Fsp3) is 0.194. The molecule has 0 aliphatic carbocycles. The van der Waals surface area contributed by atoms with Crippen molar-refractivity contribution < 1.29 is 23.1 Å². The fourth-order valence-corrected chi connectivity index (χ4v) is 6.28. The van der Waals surface area contributed by atoms with Gasteiger partial charge in [0.15, 0.2) is 0 Å². The number of rotatable bonds is 5. The number of para-hydroxylation sites is 2. The van der Waals surface area contributed by atoms with E-state index in [1.54, 1.807) is 6.33 Å². The molecule has 248 valence electrons. The lowest BCUT2D eigenvalue weighted by Gasteiger charge is -2.32. The third-order valence-corrected chi connectivity index (χ3v) is 8.67. The molecule has 0 spiro atoms. The lowest BCUT2D eigenvalue weighted by atomic mass is 10.0. The Kier molecular flexibility index (Phi) is 8.43. The predicted octanol–water partition coefficient (Wildman–Crippen LogP) is 6.95. The van der Waals surface area contributed by atoms with Crippen LogP contribution >= 0.6 is 0 Å². The van der Waals surface area contributed by atoms with Crippen molar-refractivity contribution in [2.45, 2.75) is 31.6 Å². The minimum atomic E-state index is -5.08. The molecule has 7 aromatic rings. The first-order chi connectivity index (χ1) is 23.6. The summed E-state index contributed by atoms with van der Waals surface area (Å²) in [7, 11) is 0. The van der Waals surface area contributed by atoms with Gasteiger partial charge in [-0.15, -0.1) is 0 Å². The number of likely N-dealkylation sites (tertiary alicyclic amines) is 1. The van der Waals surface area contributed by atoms with E-state index in [0.717, 1.165) is 88.1 Å². The first-order valence-electron chi connectivity index (χ1n) is 15.7. The molecule has 1 saturated heterocycles. The van der Waals surface area contributed by atoms with Crippen LogP contribution in [0.15, 0.2) is 102 Å². The van der Waals surface area contributed by atoms with Gasteiger partial charge in [-0.25, -0.2) is 24.5 Å². The Morgan fingerprint density at radius 3 is 2.10 bits per heavy atom. The predicted molar refractivity (Wildman–Crippen MR) is 180 cm³/mol. The molecule has 0 radical (unpaired) electrons. The number of aliphatic carboxylic acids is 1. The average molecular weight is 666 g/mol. The molecule has 3 N–H and O–H groups in total. The Bertz CT molecular complexity index is 2320. The minimum absolute atomic E-state index is 0.00844. The Labute approximate surface area is 276 Å². The normalized spacial score (nSPS) is 14.3. The van der Waals surface area contributed by atoms with Gasteiger partial charge in [0, 0.05) is 36.8 Å². The molecule has 0 saturated carbocycles. The van der Waals surface area contributed by atoms with Gasteiger partial charge in [-0.1, -0.05) is 66.7 Å². The van der Waals surface area contributed by atoms with Crippen LogP contribution in [0, 0.1) is 0 Å². The first-order valence-corrected chi connectivity index (χ1v) is 15.7. The van der Waals surface area contributed by atoms with Gasteiger partial charge in [-0.05, 0) is 42.7 Å². The third-order valence-electron chi connectivity index (χ3n) is 8.67. The summed E-state index contributed by atoms with van der Waals surface area (Å²) >= 11 is 0. The number of carboxylic acids is 1. The summed E-state index contributed by atoms with van der Waals surface area (Å²) in [5.74, 6) is -2.76. The van der Waals surface area contributed by atoms with E-state index < -0.39 is 12.1 Å².